The molecule has 5 unspecified atom stereocenters. The highest BCUT2D eigenvalue weighted by molar-refractivity contribution is 6.89. The van der Waals surface area contributed by atoms with Crippen LogP contribution in [-0.2, 0) is 22.4 Å². The van der Waals surface area contributed by atoms with Crippen molar-refractivity contribution in [1.82, 2.24) is 4.23 Å². The van der Waals surface area contributed by atoms with Crippen molar-refractivity contribution < 1.29 is 22.4 Å². The first-order chi connectivity index (χ1) is 15.6. The summed E-state index contributed by atoms with van der Waals surface area (Å²) in [6, 6.07) is 0.00580. The lowest BCUT2D eigenvalue weighted by atomic mass is 9.98. The molecule has 36 heavy (non-hydrogen) atoms. The van der Waals surface area contributed by atoms with E-state index in [-0.39, 0.29) is 30.6 Å². The molecule has 0 N–H and O–H groups in total. The van der Waals surface area contributed by atoms with E-state index in [1.54, 1.807) is 0 Å². The molecule has 216 valence electrons. The van der Waals surface area contributed by atoms with E-state index >= 15 is 0 Å². The van der Waals surface area contributed by atoms with E-state index in [1.807, 2.05) is 0 Å². The third-order valence-electron chi connectivity index (χ3n) is 5.49. The van der Waals surface area contributed by atoms with Gasteiger partial charge in [-0.1, -0.05) is 39.3 Å². The summed E-state index contributed by atoms with van der Waals surface area (Å²) in [4.78, 5) is 0. The summed E-state index contributed by atoms with van der Waals surface area (Å²) in [6.07, 6.45) is -0.866. The van der Waals surface area contributed by atoms with Crippen LogP contribution in [0.4, 0.5) is 0 Å². The number of hydrogen-bond donors (Lipinski definition) is 0. The van der Waals surface area contributed by atoms with Gasteiger partial charge >= 0.3 is 0 Å². The van der Waals surface area contributed by atoms with E-state index < -0.39 is 49.7 Å². The fourth-order valence-corrected chi connectivity index (χ4v) is 19.2. The molecule has 0 bridgehead atoms. The molecule has 1 fully saturated rings. The lowest BCUT2D eigenvalue weighted by Gasteiger charge is -2.59. The van der Waals surface area contributed by atoms with Crippen molar-refractivity contribution in [3.63, 3.8) is 0 Å². The second-order valence-corrected chi connectivity index (χ2v) is 44.3. The molecule has 1 aliphatic heterocycles. The van der Waals surface area contributed by atoms with Gasteiger partial charge in [-0.15, -0.1) is 0 Å². The predicted molar refractivity (Wildman–Crippen MR) is 171 cm³/mol. The number of nitrogens with zero attached hydrogens (tertiary/aromatic N) is 1. The van der Waals surface area contributed by atoms with E-state index in [2.05, 4.69) is 122 Å². The van der Waals surface area contributed by atoms with Crippen LogP contribution < -0.4 is 0 Å². The Kier molecular flexibility index (Phi) is 11.6. The van der Waals surface area contributed by atoms with Crippen molar-refractivity contribution in [2.45, 2.75) is 148 Å². The maximum Gasteiger partial charge on any atom is 0.187 e. The summed E-state index contributed by atoms with van der Waals surface area (Å²) in [6.45, 7) is 42.4. The van der Waals surface area contributed by atoms with Crippen molar-refractivity contribution in [3.05, 3.63) is 0 Å². The van der Waals surface area contributed by atoms with Crippen LogP contribution in [0, 0.1) is 0 Å². The van der Waals surface area contributed by atoms with Gasteiger partial charge in [-0.2, -0.15) is 0 Å². The second kappa shape index (κ2) is 11.9. The highest BCUT2D eigenvalue weighted by atomic mass is 28.4. The minimum Gasteiger partial charge on any atom is -0.415 e. The van der Waals surface area contributed by atoms with Crippen LogP contribution in [0.1, 0.15) is 0 Å². The fourth-order valence-electron chi connectivity index (χ4n) is 5.07. The molecule has 0 aromatic heterocycles. The Hall–Kier alpha value is 1.06. The van der Waals surface area contributed by atoms with E-state index in [1.165, 1.54) is 0 Å². The fraction of sp³-hybridized carbons (Fsp3) is 1.00. The molecule has 0 aliphatic carbocycles. The Morgan fingerprint density at radius 3 is 1.25 bits per heavy atom. The topological polar surface area (TPSA) is 49.4 Å². The lowest BCUT2D eigenvalue weighted by molar-refractivity contribution is -0.246. The summed E-state index contributed by atoms with van der Waals surface area (Å²) in [7, 11) is -11.1. The molecule has 0 radical (unpaired) electrons. The monoisotopic (exact) mass is 611 g/mol. The average molecular weight is 612 g/mol. The first-order valence-corrected chi connectivity index (χ1v) is 34.3. The van der Waals surface area contributed by atoms with Gasteiger partial charge in [-0.05, 0) is 78.6 Å². The number of rotatable bonds is 12. The molecule has 1 rings (SSSR count). The summed E-state index contributed by atoms with van der Waals surface area (Å²) in [5.41, 5.74) is 0. The molecule has 0 saturated carbocycles. The van der Waals surface area contributed by atoms with Crippen LogP contribution in [-0.4, -0.2) is 91.2 Å². The highest BCUT2D eigenvalue weighted by Gasteiger charge is 2.56. The number of ether oxygens (including phenoxy) is 1. The molecule has 0 spiro atoms. The first-order valence-electron chi connectivity index (χ1n) is 13.7. The molecule has 0 aromatic rings. The number of hydrogen-bond acceptors (Lipinski definition) is 6. The third kappa shape index (κ3) is 12.1. The quantitative estimate of drug-likeness (QED) is 0.218. The van der Waals surface area contributed by atoms with Gasteiger partial charge in [0.2, 0.25) is 0 Å². The molecule has 1 saturated heterocycles. The molecule has 0 aromatic carbocycles. The second-order valence-electron chi connectivity index (χ2n) is 16.3. The Labute approximate surface area is 230 Å². The van der Waals surface area contributed by atoms with Gasteiger partial charge in [0.1, 0.15) is 28.7 Å². The first kappa shape index (κ1) is 35.1. The van der Waals surface area contributed by atoms with Gasteiger partial charge in [0.25, 0.3) is 0 Å². The van der Waals surface area contributed by atoms with Gasteiger partial charge in [0.15, 0.2) is 39.6 Å². The molecule has 12 heteroatoms. The van der Waals surface area contributed by atoms with E-state index in [9.17, 15) is 0 Å². The van der Waals surface area contributed by atoms with E-state index in [0.717, 1.165) is 0 Å². The van der Waals surface area contributed by atoms with Gasteiger partial charge in [0.05, 0.1) is 18.8 Å². The lowest BCUT2D eigenvalue weighted by Crippen LogP contribution is -2.76. The largest absolute Gasteiger partial charge is 0.415 e. The Morgan fingerprint density at radius 2 is 0.917 bits per heavy atom. The minimum absolute atomic E-state index is 0.00580. The van der Waals surface area contributed by atoms with Gasteiger partial charge < -0.3 is 26.7 Å². The van der Waals surface area contributed by atoms with E-state index in [4.69, 9.17) is 22.4 Å². The summed E-state index contributed by atoms with van der Waals surface area (Å²) in [5.74, 6) is 0. The predicted octanol–water partition coefficient (Wildman–Crippen LogP) is 7.19. The van der Waals surface area contributed by atoms with Crippen molar-refractivity contribution in [1.29, 1.82) is 0 Å². The van der Waals surface area contributed by atoms with Crippen LogP contribution in [0.3, 0.4) is 0 Å². The average Bonchev–Trinajstić information content (AvgIpc) is 2.51. The van der Waals surface area contributed by atoms with Crippen LogP contribution in [0.5, 0.6) is 0 Å². The van der Waals surface area contributed by atoms with Crippen molar-refractivity contribution in [2.75, 3.05) is 6.61 Å². The smallest absolute Gasteiger partial charge is 0.187 e. The van der Waals surface area contributed by atoms with Crippen molar-refractivity contribution >= 4 is 49.7 Å². The van der Waals surface area contributed by atoms with Crippen molar-refractivity contribution in [3.8, 4) is 0 Å². The molecular formula is C24H61NO5Si6. The molecule has 0 amide bonds. The summed E-state index contributed by atoms with van der Waals surface area (Å²) >= 11 is 0. The third-order valence-corrected chi connectivity index (χ3v) is 16.9. The molecule has 1 aliphatic rings. The Morgan fingerprint density at radius 1 is 0.528 bits per heavy atom. The summed E-state index contributed by atoms with van der Waals surface area (Å²) < 4.78 is 37.4. The molecule has 6 nitrogen and oxygen atoms in total. The van der Waals surface area contributed by atoms with Gasteiger partial charge in [0, 0.05) is 0 Å². The molecular weight excluding hydrogens is 551 g/mol. The Bertz CT molecular complexity index is 687. The van der Waals surface area contributed by atoms with Crippen LogP contribution in [0.2, 0.25) is 118 Å². The maximum absolute atomic E-state index is 7.18. The Balaban J connectivity index is 3.84. The zero-order valence-corrected chi connectivity index (χ0v) is 33.1. The SMILES string of the molecule is C[Si](C)(C)OCC1OC(O[Si](C)(C)C)C(N([Si](C)(C)C)[Si](C)(C)C)C(O[Si](C)(C)C)C1O[Si](C)(C)C. The normalized spacial score (nSPS) is 27.6. The van der Waals surface area contributed by atoms with Gasteiger partial charge in [-0.25, -0.2) is 0 Å². The maximum atomic E-state index is 7.18. The molecule has 5 atom stereocenters. The standard InChI is InChI=1S/C24H61NO5Si6/c1-31(2,3)25(32(4,5)6)21-23(29-35(13,14)15)22(28-34(10,11)12)20(19-26-33(7,8)9)27-24(21)30-36(16,17)18/h20-24H,19H2,1-18H3. The zero-order valence-electron chi connectivity index (χ0n) is 27.1. The van der Waals surface area contributed by atoms with Gasteiger partial charge in [-0.3, -0.25) is 0 Å². The van der Waals surface area contributed by atoms with Crippen LogP contribution in [0.15, 0.2) is 0 Å². The highest BCUT2D eigenvalue weighted by Crippen LogP contribution is 2.39. The molecule has 1 heterocycles. The van der Waals surface area contributed by atoms with Crippen LogP contribution >= 0.6 is 0 Å². The van der Waals surface area contributed by atoms with E-state index in [0.29, 0.717) is 6.61 Å². The summed E-state index contributed by atoms with van der Waals surface area (Å²) in [5, 5.41) is 0. The zero-order chi connectivity index (χ0) is 28.7. The van der Waals surface area contributed by atoms with Crippen LogP contribution in [0.25, 0.3) is 0 Å². The van der Waals surface area contributed by atoms with Crippen molar-refractivity contribution in [2.24, 2.45) is 0 Å². The minimum atomic E-state index is -1.94.